The summed E-state index contributed by atoms with van der Waals surface area (Å²) in [5.41, 5.74) is 1.60. The second-order valence-corrected chi connectivity index (χ2v) is 6.98. The minimum atomic E-state index is -1.05. The molecule has 0 saturated carbocycles. The number of carbonyl (C=O) groups excluding carboxylic acids is 2. The standard InChI is InChI=1S/C21H17NO4/c23-12-21-11-10-16(26-21)17-18(21)20(25)22(19(17)24)15-8-6-14(7-9-15)13-4-2-1-3-5-13/h1-11,16-18,23H,12H2/t16-,17+,18-,21-/m0/s1. The Bertz CT molecular complexity index is 921. The number of hydrogen-bond donors (Lipinski definition) is 1. The first-order valence-corrected chi connectivity index (χ1v) is 8.66. The van der Waals surface area contributed by atoms with E-state index in [9.17, 15) is 14.7 Å². The van der Waals surface area contributed by atoms with Crippen molar-refractivity contribution in [1.82, 2.24) is 0 Å². The van der Waals surface area contributed by atoms with Crippen molar-refractivity contribution in [2.75, 3.05) is 11.5 Å². The van der Waals surface area contributed by atoms with Crippen LogP contribution < -0.4 is 4.90 Å². The zero-order valence-electron chi connectivity index (χ0n) is 13.9. The molecule has 0 radical (unpaired) electrons. The minimum Gasteiger partial charge on any atom is -0.393 e. The lowest BCUT2D eigenvalue weighted by molar-refractivity contribution is -0.128. The van der Waals surface area contributed by atoms with Gasteiger partial charge in [0.05, 0.1) is 30.2 Å². The smallest absolute Gasteiger partial charge is 0.241 e. The third-order valence-corrected chi connectivity index (χ3v) is 5.63. The third-order valence-electron chi connectivity index (χ3n) is 5.63. The normalized spacial score (nSPS) is 31.7. The Labute approximate surface area is 150 Å². The van der Waals surface area contributed by atoms with E-state index in [2.05, 4.69) is 0 Å². The van der Waals surface area contributed by atoms with Crippen LogP contribution in [-0.2, 0) is 14.3 Å². The SMILES string of the molecule is O=C1[C@@H]2[C@@H]3C=C[C@@](CO)(O3)[C@@H]2C(=O)N1c1ccc(-c2ccccc2)cc1. The van der Waals surface area contributed by atoms with E-state index in [1.54, 1.807) is 24.3 Å². The molecular formula is C21H17NO4. The van der Waals surface area contributed by atoms with Crippen molar-refractivity contribution in [2.45, 2.75) is 11.7 Å². The average Bonchev–Trinajstić information content (AvgIpc) is 3.33. The van der Waals surface area contributed by atoms with Crippen molar-refractivity contribution < 1.29 is 19.4 Å². The Kier molecular flexibility index (Phi) is 3.20. The van der Waals surface area contributed by atoms with Crippen molar-refractivity contribution in [3.63, 3.8) is 0 Å². The van der Waals surface area contributed by atoms with Crippen LogP contribution >= 0.6 is 0 Å². The van der Waals surface area contributed by atoms with E-state index in [-0.39, 0.29) is 18.4 Å². The molecule has 3 aliphatic rings. The number of amides is 2. The highest BCUT2D eigenvalue weighted by molar-refractivity contribution is 6.23. The monoisotopic (exact) mass is 347 g/mol. The molecule has 3 heterocycles. The summed E-state index contributed by atoms with van der Waals surface area (Å²) in [5.74, 6) is -1.75. The van der Waals surface area contributed by atoms with Gasteiger partial charge in [0.1, 0.15) is 5.60 Å². The number of nitrogens with zero attached hydrogens (tertiary/aromatic N) is 1. The van der Waals surface area contributed by atoms with Crippen LogP contribution in [0.1, 0.15) is 0 Å². The molecule has 5 nitrogen and oxygen atoms in total. The van der Waals surface area contributed by atoms with Gasteiger partial charge >= 0.3 is 0 Å². The molecule has 2 fully saturated rings. The number of aliphatic hydroxyl groups is 1. The van der Waals surface area contributed by atoms with Crippen LogP contribution in [0.3, 0.4) is 0 Å². The summed E-state index contributed by atoms with van der Waals surface area (Å²) < 4.78 is 5.75. The summed E-state index contributed by atoms with van der Waals surface area (Å²) in [5, 5.41) is 9.76. The summed E-state index contributed by atoms with van der Waals surface area (Å²) >= 11 is 0. The van der Waals surface area contributed by atoms with Gasteiger partial charge in [0.2, 0.25) is 11.8 Å². The summed E-state index contributed by atoms with van der Waals surface area (Å²) in [6, 6.07) is 17.3. The fraction of sp³-hybridized carbons (Fsp3) is 0.238. The first kappa shape index (κ1) is 15.5. The first-order valence-electron chi connectivity index (χ1n) is 8.66. The Hall–Kier alpha value is -2.76. The van der Waals surface area contributed by atoms with Gasteiger partial charge in [0.15, 0.2) is 0 Å². The van der Waals surface area contributed by atoms with Crippen molar-refractivity contribution in [1.29, 1.82) is 0 Å². The topological polar surface area (TPSA) is 66.8 Å². The fourth-order valence-electron chi connectivity index (χ4n) is 4.37. The van der Waals surface area contributed by atoms with E-state index in [0.717, 1.165) is 11.1 Å². The van der Waals surface area contributed by atoms with Gasteiger partial charge in [0.25, 0.3) is 0 Å². The second kappa shape index (κ2) is 5.37. The lowest BCUT2D eigenvalue weighted by Crippen LogP contribution is -2.43. The molecule has 2 aromatic carbocycles. The zero-order valence-corrected chi connectivity index (χ0v) is 13.9. The van der Waals surface area contributed by atoms with Gasteiger partial charge in [-0.1, -0.05) is 54.6 Å². The van der Waals surface area contributed by atoms with Crippen LogP contribution in [0.4, 0.5) is 5.69 Å². The van der Waals surface area contributed by atoms with Gasteiger partial charge in [-0.05, 0) is 23.3 Å². The molecular weight excluding hydrogens is 330 g/mol. The van der Waals surface area contributed by atoms with Gasteiger partial charge in [-0.2, -0.15) is 0 Å². The summed E-state index contributed by atoms with van der Waals surface area (Å²) in [6.07, 6.45) is 3.08. The van der Waals surface area contributed by atoms with Crippen LogP contribution in [0.25, 0.3) is 11.1 Å². The van der Waals surface area contributed by atoms with Crippen LogP contribution in [0.5, 0.6) is 0 Å². The highest BCUT2D eigenvalue weighted by Gasteiger charge is 2.67. The molecule has 4 atom stereocenters. The Balaban J connectivity index is 1.49. The maximum atomic E-state index is 13.0. The number of fused-ring (bicyclic) bond motifs is 5. The van der Waals surface area contributed by atoms with Gasteiger partial charge in [-0.3, -0.25) is 9.59 Å². The largest absolute Gasteiger partial charge is 0.393 e. The van der Waals surface area contributed by atoms with E-state index in [4.69, 9.17) is 4.74 Å². The second-order valence-electron chi connectivity index (χ2n) is 6.98. The molecule has 0 spiro atoms. The molecule has 26 heavy (non-hydrogen) atoms. The lowest BCUT2D eigenvalue weighted by Gasteiger charge is -2.26. The predicted molar refractivity (Wildman–Crippen MR) is 95.2 cm³/mol. The maximum absolute atomic E-state index is 13.0. The molecule has 5 heteroatoms. The molecule has 2 bridgehead atoms. The molecule has 2 aromatic rings. The third kappa shape index (κ3) is 1.92. The fourth-order valence-corrected chi connectivity index (χ4v) is 4.37. The lowest BCUT2D eigenvalue weighted by atomic mass is 9.77. The summed E-state index contributed by atoms with van der Waals surface area (Å²) in [6.45, 7) is -0.305. The minimum absolute atomic E-state index is 0.253. The number of ether oxygens (including phenoxy) is 1. The van der Waals surface area contributed by atoms with Crippen LogP contribution in [-0.4, -0.2) is 35.2 Å². The van der Waals surface area contributed by atoms with Crippen molar-refractivity contribution in [3.8, 4) is 11.1 Å². The molecule has 0 aromatic heterocycles. The molecule has 0 unspecified atom stereocenters. The maximum Gasteiger partial charge on any atom is 0.241 e. The predicted octanol–water partition coefficient (Wildman–Crippen LogP) is 2.16. The first-order chi connectivity index (χ1) is 12.6. The summed E-state index contributed by atoms with van der Waals surface area (Å²) in [4.78, 5) is 27.1. The van der Waals surface area contributed by atoms with Gasteiger partial charge < -0.3 is 9.84 Å². The molecule has 2 amide bonds. The van der Waals surface area contributed by atoms with Gasteiger partial charge in [0, 0.05) is 0 Å². The molecule has 5 rings (SSSR count). The highest BCUT2D eigenvalue weighted by Crippen LogP contribution is 2.52. The van der Waals surface area contributed by atoms with E-state index in [1.807, 2.05) is 42.5 Å². The van der Waals surface area contributed by atoms with E-state index >= 15 is 0 Å². The van der Waals surface area contributed by atoms with Crippen LogP contribution in [0, 0.1) is 11.8 Å². The highest BCUT2D eigenvalue weighted by atomic mass is 16.5. The number of rotatable bonds is 3. The average molecular weight is 347 g/mol. The van der Waals surface area contributed by atoms with E-state index < -0.39 is 23.5 Å². The van der Waals surface area contributed by atoms with Gasteiger partial charge in [-0.15, -0.1) is 0 Å². The van der Waals surface area contributed by atoms with Gasteiger partial charge in [-0.25, -0.2) is 4.90 Å². The quantitative estimate of drug-likeness (QED) is 0.682. The number of anilines is 1. The Morgan fingerprint density at radius 2 is 1.65 bits per heavy atom. The molecule has 1 N–H and O–H groups in total. The van der Waals surface area contributed by atoms with E-state index in [0.29, 0.717) is 5.69 Å². The number of imide groups is 1. The Morgan fingerprint density at radius 3 is 2.35 bits per heavy atom. The molecule has 130 valence electrons. The molecule has 3 aliphatic heterocycles. The zero-order chi connectivity index (χ0) is 17.9. The van der Waals surface area contributed by atoms with Crippen molar-refractivity contribution in [2.24, 2.45) is 11.8 Å². The molecule has 2 saturated heterocycles. The molecule has 0 aliphatic carbocycles. The van der Waals surface area contributed by atoms with Crippen LogP contribution in [0.15, 0.2) is 66.7 Å². The number of hydrogen-bond acceptors (Lipinski definition) is 4. The van der Waals surface area contributed by atoms with E-state index in [1.165, 1.54) is 4.90 Å². The Morgan fingerprint density at radius 1 is 0.962 bits per heavy atom. The van der Waals surface area contributed by atoms with Crippen molar-refractivity contribution >= 4 is 17.5 Å². The van der Waals surface area contributed by atoms with Crippen LogP contribution in [0.2, 0.25) is 0 Å². The number of aliphatic hydroxyl groups excluding tert-OH is 1. The number of benzene rings is 2. The number of carbonyl (C=O) groups is 2. The summed E-state index contributed by atoms with van der Waals surface area (Å²) in [7, 11) is 0. The van der Waals surface area contributed by atoms with Crippen molar-refractivity contribution in [3.05, 3.63) is 66.7 Å².